The third-order valence-corrected chi connectivity index (χ3v) is 7.74. The number of nitrogens with zero attached hydrogens (tertiary/aromatic N) is 8. The molecule has 202 valence electrons. The highest BCUT2D eigenvalue weighted by Crippen LogP contribution is 2.30. The van der Waals surface area contributed by atoms with Crippen molar-refractivity contribution in [2.45, 2.75) is 0 Å². The molecule has 0 bridgehead atoms. The molecular weight excluding hydrogens is 532 g/mol. The number of para-hydroxylation sites is 6. The minimum atomic E-state index is 0.425. The molecule has 8 heteroatoms. The molecule has 0 saturated heterocycles. The summed E-state index contributed by atoms with van der Waals surface area (Å²) in [6.45, 7) is 0. The van der Waals surface area contributed by atoms with Gasteiger partial charge in [-0.15, -0.1) is 0 Å². The van der Waals surface area contributed by atoms with Gasteiger partial charge in [0.2, 0.25) is 17.5 Å². The van der Waals surface area contributed by atoms with Crippen molar-refractivity contribution in [3.05, 3.63) is 133 Å². The van der Waals surface area contributed by atoms with Gasteiger partial charge in [0.05, 0.1) is 33.1 Å². The summed E-state index contributed by atoms with van der Waals surface area (Å²) >= 11 is 0. The summed E-state index contributed by atoms with van der Waals surface area (Å²) in [5.41, 5.74) is 7.44. The quantitative estimate of drug-likeness (QED) is 0.229. The molecule has 4 heterocycles. The topological polar surface area (TPSA) is 78.2 Å². The Labute approximate surface area is 244 Å². The Hall–Kier alpha value is -6.15. The second-order valence-electron chi connectivity index (χ2n) is 10.3. The van der Waals surface area contributed by atoms with E-state index < -0.39 is 0 Å². The molecule has 0 fully saturated rings. The SMILES string of the molecule is c1ccc(-c2nc(-c3ccccc3)nc(-n3c4nc5ccccc5n4c4ccccc4n4c5ccccc5nc34)n2)cc1. The predicted molar refractivity (Wildman–Crippen MR) is 169 cm³/mol. The second-order valence-corrected chi connectivity index (χ2v) is 10.3. The van der Waals surface area contributed by atoms with E-state index in [0.29, 0.717) is 29.2 Å². The fourth-order valence-electron chi connectivity index (χ4n) is 5.81. The van der Waals surface area contributed by atoms with Crippen LogP contribution in [0.4, 0.5) is 0 Å². The first-order valence-electron chi connectivity index (χ1n) is 14.1. The molecule has 0 amide bonds. The Morgan fingerprint density at radius 2 is 0.744 bits per heavy atom. The van der Waals surface area contributed by atoms with Crippen LogP contribution in [-0.2, 0) is 0 Å². The fraction of sp³-hybridized carbons (Fsp3) is 0. The van der Waals surface area contributed by atoms with E-state index in [-0.39, 0.29) is 0 Å². The average Bonchev–Trinajstić information content (AvgIpc) is 3.61. The summed E-state index contributed by atoms with van der Waals surface area (Å²) in [6, 6.07) is 44.6. The average molecular weight is 555 g/mol. The molecule has 9 aromatic rings. The molecule has 5 aromatic carbocycles. The Morgan fingerprint density at radius 3 is 1.21 bits per heavy atom. The van der Waals surface area contributed by atoms with Crippen molar-refractivity contribution in [2.75, 3.05) is 0 Å². The third kappa shape index (κ3) is 3.60. The third-order valence-electron chi connectivity index (χ3n) is 7.74. The van der Waals surface area contributed by atoms with Crippen LogP contribution in [0.3, 0.4) is 0 Å². The van der Waals surface area contributed by atoms with Crippen molar-refractivity contribution in [3.63, 3.8) is 0 Å². The summed E-state index contributed by atoms with van der Waals surface area (Å²) in [4.78, 5) is 25.5. The number of aromatic nitrogens is 8. The monoisotopic (exact) mass is 554 g/mol. The van der Waals surface area contributed by atoms with Gasteiger partial charge in [0.25, 0.3) is 0 Å². The molecule has 9 rings (SSSR count). The lowest BCUT2D eigenvalue weighted by molar-refractivity contribution is 0.905. The van der Waals surface area contributed by atoms with E-state index >= 15 is 0 Å². The molecule has 0 atom stereocenters. The molecule has 0 aliphatic heterocycles. The molecule has 0 unspecified atom stereocenters. The largest absolute Gasteiger partial charge is 0.276 e. The van der Waals surface area contributed by atoms with Gasteiger partial charge in [-0.2, -0.15) is 9.97 Å². The van der Waals surface area contributed by atoms with Crippen LogP contribution in [-0.4, -0.2) is 38.3 Å². The number of fused-ring (bicyclic) bond motifs is 9. The van der Waals surface area contributed by atoms with Gasteiger partial charge < -0.3 is 0 Å². The molecule has 0 aliphatic rings. The summed E-state index contributed by atoms with van der Waals surface area (Å²) in [5, 5.41) is 0. The molecule has 43 heavy (non-hydrogen) atoms. The van der Waals surface area contributed by atoms with Crippen molar-refractivity contribution < 1.29 is 0 Å². The van der Waals surface area contributed by atoms with Gasteiger partial charge in [0, 0.05) is 11.1 Å². The first kappa shape index (κ1) is 23.5. The van der Waals surface area contributed by atoms with Crippen molar-refractivity contribution in [3.8, 4) is 28.7 Å². The number of rotatable bonds is 3. The Kier molecular flexibility index (Phi) is 5.03. The van der Waals surface area contributed by atoms with Crippen LogP contribution in [0.1, 0.15) is 0 Å². The Morgan fingerprint density at radius 1 is 0.349 bits per heavy atom. The van der Waals surface area contributed by atoms with Crippen molar-refractivity contribution >= 4 is 44.7 Å². The van der Waals surface area contributed by atoms with E-state index in [1.54, 1.807) is 0 Å². The van der Waals surface area contributed by atoms with Crippen molar-refractivity contribution in [2.24, 2.45) is 0 Å². The molecule has 0 spiro atoms. The van der Waals surface area contributed by atoms with Crippen LogP contribution in [0.2, 0.25) is 0 Å². The van der Waals surface area contributed by atoms with E-state index in [9.17, 15) is 0 Å². The van der Waals surface area contributed by atoms with Gasteiger partial charge in [-0.25, -0.2) is 19.5 Å². The van der Waals surface area contributed by atoms with Crippen LogP contribution in [0.5, 0.6) is 0 Å². The fourth-order valence-corrected chi connectivity index (χ4v) is 5.81. The van der Waals surface area contributed by atoms with Crippen LogP contribution in [0, 0.1) is 0 Å². The lowest BCUT2D eigenvalue weighted by Gasteiger charge is -2.10. The van der Waals surface area contributed by atoms with E-state index in [1.807, 2.05) is 102 Å². The van der Waals surface area contributed by atoms with E-state index in [2.05, 4.69) is 45.2 Å². The summed E-state index contributed by atoms with van der Waals surface area (Å²) in [7, 11) is 0. The minimum Gasteiger partial charge on any atom is -0.276 e. The van der Waals surface area contributed by atoms with Crippen LogP contribution in [0.15, 0.2) is 133 Å². The smallest absolute Gasteiger partial charge is 0.243 e. The second kappa shape index (κ2) is 9.19. The molecule has 0 radical (unpaired) electrons. The first-order chi connectivity index (χ1) is 21.3. The number of hydrogen-bond acceptors (Lipinski definition) is 5. The Bertz CT molecular complexity index is 2340. The lowest BCUT2D eigenvalue weighted by atomic mass is 10.2. The minimum absolute atomic E-state index is 0.425. The van der Waals surface area contributed by atoms with Gasteiger partial charge in [0.1, 0.15) is 0 Å². The highest BCUT2D eigenvalue weighted by atomic mass is 15.3. The zero-order chi connectivity index (χ0) is 28.3. The van der Waals surface area contributed by atoms with Crippen LogP contribution in [0.25, 0.3) is 73.4 Å². The van der Waals surface area contributed by atoms with Gasteiger partial charge in [-0.05, 0) is 36.4 Å². The van der Waals surface area contributed by atoms with E-state index in [0.717, 1.165) is 44.2 Å². The van der Waals surface area contributed by atoms with Crippen molar-refractivity contribution in [1.29, 1.82) is 0 Å². The number of benzene rings is 5. The standard InChI is InChI=1S/C35H22N8/c1-3-13-23(14-4-1)31-38-32(24-15-5-2-6-16-24)40-33(39-31)43-34-36-25-17-7-9-19-27(25)41(34)29-21-11-12-22-30(29)42-28-20-10-8-18-26(28)37-35(42)43/h1-22H. The van der Waals surface area contributed by atoms with Gasteiger partial charge >= 0.3 is 0 Å². The molecule has 4 aromatic heterocycles. The normalized spacial score (nSPS) is 11.7. The van der Waals surface area contributed by atoms with E-state index in [4.69, 9.17) is 24.9 Å². The summed E-state index contributed by atoms with van der Waals surface area (Å²) in [6.07, 6.45) is 0. The van der Waals surface area contributed by atoms with Gasteiger partial charge in [-0.3, -0.25) is 8.80 Å². The van der Waals surface area contributed by atoms with Crippen LogP contribution >= 0.6 is 0 Å². The number of imidazole rings is 2. The Balaban J connectivity index is 1.54. The van der Waals surface area contributed by atoms with Gasteiger partial charge in [0.15, 0.2) is 11.6 Å². The van der Waals surface area contributed by atoms with Crippen molar-refractivity contribution in [1.82, 2.24) is 38.3 Å². The highest BCUT2D eigenvalue weighted by molar-refractivity contribution is 5.92. The maximum atomic E-state index is 5.18. The molecule has 8 nitrogen and oxygen atoms in total. The molecule has 0 N–H and O–H groups in total. The molecule has 0 saturated carbocycles. The summed E-state index contributed by atoms with van der Waals surface area (Å²) in [5.74, 6) is 2.85. The molecule has 0 aliphatic carbocycles. The zero-order valence-electron chi connectivity index (χ0n) is 22.8. The van der Waals surface area contributed by atoms with E-state index in [1.165, 1.54) is 0 Å². The molecular formula is C35H22N8. The van der Waals surface area contributed by atoms with Gasteiger partial charge in [-0.1, -0.05) is 97.1 Å². The number of hydrogen-bond donors (Lipinski definition) is 0. The first-order valence-corrected chi connectivity index (χ1v) is 14.1. The summed E-state index contributed by atoms with van der Waals surface area (Å²) < 4.78 is 6.30. The lowest BCUT2D eigenvalue weighted by Crippen LogP contribution is -2.10. The van der Waals surface area contributed by atoms with Crippen LogP contribution < -0.4 is 0 Å². The predicted octanol–water partition coefficient (Wildman–Crippen LogP) is 7.31. The zero-order valence-corrected chi connectivity index (χ0v) is 22.8. The highest BCUT2D eigenvalue weighted by Gasteiger charge is 2.21. The maximum Gasteiger partial charge on any atom is 0.243 e. The maximum absolute atomic E-state index is 5.18.